The molecule has 0 saturated carbocycles. The highest BCUT2D eigenvalue weighted by Gasteiger charge is 2.21. The van der Waals surface area contributed by atoms with E-state index in [1.165, 1.54) is 7.11 Å². The van der Waals surface area contributed by atoms with Crippen molar-refractivity contribution in [3.63, 3.8) is 0 Å². The van der Waals surface area contributed by atoms with Gasteiger partial charge in [0.05, 0.1) is 29.1 Å². The Labute approximate surface area is 169 Å². The molecule has 0 spiro atoms. The molecule has 1 unspecified atom stereocenters. The summed E-state index contributed by atoms with van der Waals surface area (Å²) in [5.41, 5.74) is 1.00. The number of aromatic amines is 1. The van der Waals surface area contributed by atoms with E-state index in [-0.39, 0.29) is 5.56 Å². The Hall–Kier alpha value is -2.87. The van der Waals surface area contributed by atoms with E-state index in [4.69, 9.17) is 14.2 Å². The van der Waals surface area contributed by atoms with E-state index in [0.29, 0.717) is 44.9 Å². The number of hydrogen-bond donors (Lipinski definition) is 1. The highest BCUT2D eigenvalue weighted by molar-refractivity contribution is 9.10. The fourth-order valence-electron chi connectivity index (χ4n) is 2.70. The maximum absolute atomic E-state index is 12.4. The number of aromatic nitrogens is 2. The first-order chi connectivity index (χ1) is 13.4. The summed E-state index contributed by atoms with van der Waals surface area (Å²) in [6.07, 6.45) is -0.815. The van der Waals surface area contributed by atoms with Gasteiger partial charge in [-0.15, -0.1) is 0 Å². The highest BCUT2D eigenvalue weighted by atomic mass is 79.9. The van der Waals surface area contributed by atoms with Crippen LogP contribution in [-0.4, -0.2) is 35.8 Å². The highest BCUT2D eigenvalue weighted by Crippen LogP contribution is 2.40. The van der Waals surface area contributed by atoms with Crippen LogP contribution in [-0.2, 0) is 9.53 Å². The van der Waals surface area contributed by atoms with Gasteiger partial charge < -0.3 is 19.2 Å². The Bertz CT molecular complexity index is 1080. The zero-order chi connectivity index (χ0) is 20.3. The first-order valence-corrected chi connectivity index (χ1v) is 9.44. The number of nitrogens with one attached hydrogen (secondary N) is 1. The molecular formula is C20H19BrN2O5. The molecule has 0 amide bonds. The lowest BCUT2D eigenvalue weighted by molar-refractivity contribution is -0.147. The molecule has 0 radical (unpaired) electrons. The summed E-state index contributed by atoms with van der Waals surface area (Å²) in [5.74, 6) is 0.682. The van der Waals surface area contributed by atoms with Gasteiger partial charge in [-0.25, -0.2) is 9.78 Å². The topological polar surface area (TPSA) is 90.5 Å². The molecule has 3 aromatic rings. The predicted molar refractivity (Wildman–Crippen MR) is 109 cm³/mol. The van der Waals surface area contributed by atoms with Gasteiger partial charge in [0.15, 0.2) is 17.6 Å². The first kappa shape index (κ1) is 19.9. The molecule has 1 atom stereocenters. The minimum absolute atomic E-state index is 0.227. The minimum atomic E-state index is -0.815. The number of rotatable bonds is 6. The molecule has 0 saturated heterocycles. The van der Waals surface area contributed by atoms with Crippen LogP contribution in [0, 0.1) is 0 Å². The molecule has 146 valence electrons. The van der Waals surface area contributed by atoms with Crippen molar-refractivity contribution in [2.45, 2.75) is 20.0 Å². The van der Waals surface area contributed by atoms with Gasteiger partial charge in [0.25, 0.3) is 5.56 Å². The van der Waals surface area contributed by atoms with Gasteiger partial charge in [0.2, 0.25) is 0 Å². The van der Waals surface area contributed by atoms with E-state index < -0.39 is 12.1 Å². The monoisotopic (exact) mass is 446 g/mol. The van der Waals surface area contributed by atoms with Gasteiger partial charge >= 0.3 is 5.97 Å². The second-order valence-electron chi connectivity index (χ2n) is 5.93. The minimum Gasteiger partial charge on any atom is -0.490 e. The number of ether oxygens (including phenoxy) is 3. The van der Waals surface area contributed by atoms with Gasteiger partial charge in [0.1, 0.15) is 5.82 Å². The van der Waals surface area contributed by atoms with Crippen LogP contribution in [0.15, 0.2) is 45.7 Å². The second-order valence-corrected chi connectivity index (χ2v) is 6.79. The third-order valence-corrected chi connectivity index (χ3v) is 4.61. The summed E-state index contributed by atoms with van der Waals surface area (Å²) >= 11 is 3.46. The molecule has 3 rings (SSSR count). The first-order valence-electron chi connectivity index (χ1n) is 8.64. The van der Waals surface area contributed by atoms with Crippen molar-refractivity contribution in [1.82, 2.24) is 9.97 Å². The number of methoxy groups -OCH3 is 1. The number of nitrogens with zero attached hydrogens (tertiary/aromatic N) is 1. The van der Waals surface area contributed by atoms with Gasteiger partial charge in [-0.05, 0) is 54.0 Å². The molecule has 1 heterocycles. The van der Waals surface area contributed by atoms with E-state index in [1.54, 1.807) is 37.3 Å². The molecule has 8 heteroatoms. The Balaban J connectivity index is 2.08. The molecule has 0 aliphatic rings. The van der Waals surface area contributed by atoms with E-state index in [2.05, 4.69) is 25.9 Å². The lowest BCUT2D eigenvalue weighted by Crippen LogP contribution is -2.25. The van der Waals surface area contributed by atoms with Crippen molar-refractivity contribution in [2.24, 2.45) is 0 Å². The number of carbonyl (C=O) groups excluding carboxylic acids is 1. The fourth-order valence-corrected chi connectivity index (χ4v) is 3.23. The Kier molecular flexibility index (Phi) is 5.99. The largest absolute Gasteiger partial charge is 0.490 e. The third kappa shape index (κ3) is 4.01. The zero-order valence-corrected chi connectivity index (χ0v) is 17.2. The summed E-state index contributed by atoms with van der Waals surface area (Å²) in [6.45, 7) is 3.81. The number of fused-ring (bicyclic) bond motifs is 1. The maximum atomic E-state index is 12.4. The molecular weight excluding hydrogens is 428 g/mol. The molecule has 1 aromatic heterocycles. The van der Waals surface area contributed by atoms with Crippen LogP contribution in [0.4, 0.5) is 0 Å². The summed E-state index contributed by atoms with van der Waals surface area (Å²) in [5, 5.41) is 0.516. The van der Waals surface area contributed by atoms with Crippen molar-refractivity contribution < 1.29 is 19.0 Å². The van der Waals surface area contributed by atoms with E-state index in [0.717, 1.165) is 0 Å². The lowest BCUT2D eigenvalue weighted by atomic mass is 10.1. The van der Waals surface area contributed by atoms with Gasteiger partial charge in [-0.2, -0.15) is 0 Å². The molecule has 0 aliphatic heterocycles. The standard InChI is InChI=1S/C20H19BrN2O5/c1-4-27-16-10-12(9-14(21)17(16)28-11(2)20(25)26-3)18-22-15-8-6-5-7-13(15)19(24)23-18/h5-11H,4H2,1-3H3,(H,22,23,24). The van der Waals surface area contributed by atoms with E-state index >= 15 is 0 Å². The quantitative estimate of drug-likeness (QED) is 0.580. The summed E-state index contributed by atoms with van der Waals surface area (Å²) in [7, 11) is 1.30. The molecule has 0 bridgehead atoms. The zero-order valence-electron chi connectivity index (χ0n) is 15.6. The van der Waals surface area contributed by atoms with Crippen LogP contribution in [0.3, 0.4) is 0 Å². The van der Waals surface area contributed by atoms with E-state index in [9.17, 15) is 9.59 Å². The van der Waals surface area contributed by atoms with Crippen molar-refractivity contribution >= 4 is 32.8 Å². The number of esters is 1. The SMILES string of the molecule is CCOc1cc(-c2nc3ccccc3c(=O)[nH]2)cc(Br)c1OC(C)C(=O)OC. The van der Waals surface area contributed by atoms with Gasteiger partial charge in [0, 0.05) is 5.56 Å². The van der Waals surface area contributed by atoms with Crippen molar-refractivity contribution in [2.75, 3.05) is 13.7 Å². The van der Waals surface area contributed by atoms with Crippen LogP contribution >= 0.6 is 15.9 Å². The number of carbonyl (C=O) groups is 1. The maximum Gasteiger partial charge on any atom is 0.346 e. The number of para-hydroxylation sites is 1. The molecule has 28 heavy (non-hydrogen) atoms. The van der Waals surface area contributed by atoms with Crippen molar-refractivity contribution in [3.8, 4) is 22.9 Å². The smallest absolute Gasteiger partial charge is 0.346 e. The molecule has 0 aliphatic carbocycles. The van der Waals surface area contributed by atoms with Crippen molar-refractivity contribution in [1.29, 1.82) is 0 Å². The van der Waals surface area contributed by atoms with Crippen LogP contribution < -0.4 is 15.0 Å². The number of benzene rings is 2. The van der Waals surface area contributed by atoms with Crippen molar-refractivity contribution in [3.05, 3.63) is 51.2 Å². The second kappa shape index (κ2) is 8.43. The average molecular weight is 447 g/mol. The summed E-state index contributed by atoms with van der Waals surface area (Å²) in [6, 6.07) is 10.6. The molecule has 1 N–H and O–H groups in total. The van der Waals surface area contributed by atoms with Gasteiger partial charge in [-0.3, -0.25) is 4.79 Å². The Morgan fingerprint density at radius 3 is 2.75 bits per heavy atom. The fraction of sp³-hybridized carbons (Fsp3) is 0.250. The number of hydrogen-bond acceptors (Lipinski definition) is 6. The van der Waals surface area contributed by atoms with Crippen LogP contribution in [0.5, 0.6) is 11.5 Å². The van der Waals surface area contributed by atoms with Gasteiger partial charge in [-0.1, -0.05) is 12.1 Å². The lowest BCUT2D eigenvalue weighted by Gasteiger charge is -2.18. The normalized spacial score (nSPS) is 11.9. The molecule has 0 fully saturated rings. The average Bonchev–Trinajstić information content (AvgIpc) is 2.69. The molecule has 7 nitrogen and oxygen atoms in total. The van der Waals surface area contributed by atoms with Crippen LogP contribution in [0.1, 0.15) is 13.8 Å². The predicted octanol–water partition coefficient (Wildman–Crippen LogP) is 3.69. The number of H-pyrrole nitrogens is 1. The third-order valence-electron chi connectivity index (χ3n) is 4.02. The van der Waals surface area contributed by atoms with E-state index in [1.807, 2.05) is 13.0 Å². The summed E-state index contributed by atoms with van der Waals surface area (Å²) in [4.78, 5) is 31.4. The Morgan fingerprint density at radius 2 is 2.04 bits per heavy atom. The Morgan fingerprint density at radius 1 is 1.29 bits per heavy atom. The van der Waals surface area contributed by atoms with Crippen LogP contribution in [0.2, 0.25) is 0 Å². The molecule has 2 aromatic carbocycles. The van der Waals surface area contributed by atoms with Crippen LogP contribution in [0.25, 0.3) is 22.3 Å². The summed E-state index contributed by atoms with van der Waals surface area (Å²) < 4.78 is 16.7. The number of halogens is 1.